The normalized spacial score (nSPS) is 21.3. The number of amides is 1. The number of nitrogens with one attached hydrogen (secondary N) is 1. The van der Waals surface area contributed by atoms with E-state index in [4.69, 9.17) is 4.52 Å². The molecule has 2 aliphatic rings. The molecule has 0 bridgehead atoms. The van der Waals surface area contributed by atoms with Gasteiger partial charge in [-0.05, 0) is 32.8 Å². The fourth-order valence-electron chi connectivity index (χ4n) is 3.17. The van der Waals surface area contributed by atoms with E-state index in [1.165, 1.54) is 0 Å². The van der Waals surface area contributed by atoms with Crippen molar-refractivity contribution in [3.05, 3.63) is 23.0 Å². The van der Waals surface area contributed by atoms with Gasteiger partial charge in [0.2, 0.25) is 0 Å². The standard InChI is InChI=1S/C16H20N4O2.ClH/c1-9-8-17-5-6-20(9)16(21)12-7-13(11-3-4-11)18-15-14(12)10(2)19-22-15;/h7,9,11,17H,3-6,8H2,1-2H3;1H. The molecule has 0 aromatic carbocycles. The van der Waals surface area contributed by atoms with Crippen LogP contribution in [0.2, 0.25) is 0 Å². The number of fused-ring (bicyclic) bond motifs is 1. The number of nitrogens with zero attached hydrogens (tertiary/aromatic N) is 3. The van der Waals surface area contributed by atoms with Crippen LogP contribution in [0.1, 0.15) is 47.4 Å². The lowest BCUT2D eigenvalue weighted by Crippen LogP contribution is -2.52. The maximum atomic E-state index is 13.1. The van der Waals surface area contributed by atoms with Crippen LogP contribution in [0.5, 0.6) is 0 Å². The Hall–Kier alpha value is -1.66. The van der Waals surface area contributed by atoms with Crippen LogP contribution in [-0.4, -0.2) is 46.6 Å². The molecule has 1 saturated carbocycles. The van der Waals surface area contributed by atoms with Gasteiger partial charge in [0, 0.05) is 37.3 Å². The number of aromatic nitrogens is 2. The third kappa shape index (κ3) is 2.81. The number of rotatable bonds is 2. The molecule has 23 heavy (non-hydrogen) atoms. The molecule has 7 heteroatoms. The summed E-state index contributed by atoms with van der Waals surface area (Å²) in [5.74, 6) is 0.538. The van der Waals surface area contributed by atoms with Gasteiger partial charge >= 0.3 is 0 Å². The maximum absolute atomic E-state index is 13.1. The van der Waals surface area contributed by atoms with Crippen molar-refractivity contribution >= 4 is 29.4 Å². The van der Waals surface area contributed by atoms with Crippen LogP contribution >= 0.6 is 12.4 Å². The molecule has 1 aliphatic carbocycles. The summed E-state index contributed by atoms with van der Waals surface area (Å²) in [5, 5.41) is 8.08. The second-order valence-corrected chi connectivity index (χ2v) is 6.37. The fourth-order valence-corrected chi connectivity index (χ4v) is 3.17. The number of halogens is 1. The SMILES string of the molecule is Cc1noc2nc(C3CC3)cc(C(=O)N3CCNCC3C)c12.Cl. The van der Waals surface area contributed by atoms with Crippen molar-refractivity contribution < 1.29 is 9.32 Å². The molecular weight excluding hydrogens is 316 g/mol. The van der Waals surface area contributed by atoms with Crippen LogP contribution in [0.15, 0.2) is 10.6 Å². The first-order valence-electron chi connectivity index (χ1n) is 7.93. The number of aryl methyl sites for hydroxylation is 1. The van der Waals surface area contributed by atoms with E-state index in [-0.39, 0.29) is 24.4 Å². The van der Waals surface area contributed by atoms with Gasteiger partial charge in [0.1, 0.15) is 0 Å². The Labute approximate surface area is 141 Å². The quantitative estimate of drug-likeness (QED) is 0.910. The molecule has 1 amide bonds. The molecule has 2 aromatic rings. The van der Waals surface area contributed by atoms with E-state index >= 15 is 0 Å². The average molecular weight is 337 g/mol. The van der Waals surface area contributed by atoms with Gasteiger partial charge < -0.3 is 14.7 Å². The number of piperazine rings is 1. The summed E-state index contributed by atoms with van der Waals surface area (Å²) in [6.07, 6.45) is 2.28. The Balaban J connectivity index is 0.00000156. The number of carbonyl (C=O) groups is 1. The molecule has 1 unspecified atom stereocenters. The van der Waals surface area contributed by atoms with Crippen LogP contribution in [0.4, 0.5) is 0 Å². The van der Waals surface area contributed by atoms with Gasteiger partial charge in [-0.1, -0.05) is 5.16 Å². The van der Waals surface area contributed by atoms with Crippen LogP contribution in [0, 0.1) is 6.92 Å². The lowest BCUT2D eigenvalue weighted by molar-refractivity contribution is 0.0657. The Morgan fingerprint density at radius 1 is 1.43 bits per heavy atom. The molecule has 6 nitrogen and oxygen atoms in total. The predicted octanol–water partition coefficient (Wildman–Crippen LogP) is 2.26. The molecule has 0 radical (unpaired) electrons. The third-order valence-electron chi connectivity index (χ3n) is 4.63. The lowest BCUT2D eigenvalue weighted by Gasteiger charge is -2.34. The van der Waals surface area contributed by atoms with Crippen LogP contribution in [0.25, 0.3) is 11.1 Å². The zero-order valence-electron chi connectivity index (χ0n) is 13.3. The van der Waals surface area contributed by atoms with E-state index in [2.05, 4.69) is 22.4 Å². The summed E-state index contributed by atoms with van der Waals surface area (Å²) >= 11 is 0. The Bertz CT molecular complexity index is 741. The molecule has 1 aliphatic heterocycles. The number of hydrogen-bond acceptors (Lipinski definition) is 5. The first-order chi connectivity index (χ1) is 10.6. The molecule has 124 valence electrons. The summed E-state index contributed by atoms with van der Waals surface area (Å²) in [4.78, 5) is 19.6. The highest BCUT2D eigenvalue weighted by atomic mass is 35.5. The van der Waals surface area contributed by atoms with Crippen molar-refractivity contribution in [3.63, 3.8) is 0 Å². The van der Waals surface area contributed by atoms with E-state index < -0.39 is 0 Å². The van der Waals surface area contributed by atoms with Gasteiger partial charge in [-0.2, -0.15) is 0 Å². The molecule has 2 fully saturated rings. The Kier molecular flexibility index (Phi) is 4.29. The summed E-state index contributed by atoms with van der Waals surface area (Å²) in [6, 6.07) is 2.15. The van der Waals surface area contributed by atoms with Crippen molar-refractivity contribution in [2.75, 3.05) is 19.6 Å². The fraction of sp³-hybridized carbons (Fsp3) is 0.562. The topological polar surface area (TPSA) is 71.3 Å². The van der Waals surface area contributed by atoms with Crippen molar-refractivity contribution in [2.45, 2.75) is 38.6 Å². The molecule has 3 heterocycles. The second-order valence-electron chi connectivity index (χ2n) is 6.37. The van der Waals surface area contributed by atoms with Gasteiger partial charge in [-0.15, -0.1) is 12.4 Å². The maximum Gasteiger partial charge on any atom is 0.259 e. The molecule has 2 aromatic heterocycles. The predicted molar refractivity (Wildman–Crippen MR) is 89.1 cm³/mol. The smallest absolute Gasteiger partial charge is 0.259 e. The van der Waals surface area contributed by atoms with Crippen molar-refractivity contribution in [2.24, 2.45) is 0 Å². The number of carbonyl (C=O) groups excluding carboxylic acids is 1. The van der Waals surface area contributed by atoms with E-state index in [0.717, 1.165) is 49.2 Å². The third-order valence-corrected chi connectivity index (χ3v) is 4.63. The molecule has 1 N–H and O–H groups in total. The molecule has 4 rings (SSSR count). The summed E-state index contributed by atoms with van der Waals surface area (Å²) in [7, 11) is 0. The van der Waals surface area contributed by atoms with Crippen molar-refractivity contribution in [3.8, 4) is 0 Å². The van der Waals surface area contributed by atoms with Gasteiger partial charge in [-0.3, -0.25) is 4.79 Å². The summed E-state index contributed by atoms with van der Waals surface area (Å²) in [6.45, 7) is 6.33. The molecule has 0 spiro atoms. The summed E-state index contributed by atoms with van der Waals surface area (Å²) < 4.78 is 5.33. The van der Waals surface area contributed by atoms with Crippen molar-refractivity contribution in [1.82, 2.24) is 20.4 Å². The zero-order chi connectivity index (χ0) is 15.3. The van der Waals surface area contributed by atoms with Gasteiger partial charge in [0.15, 0.2) is 0 Å². The van der Waals surface area contributed by atoms with Crippen molar-refractivity contribution in [1.29, 1.82) is 0 Å². The highest BCUT2D eigenvalue weighted by Gasteiger charge is 2.31. The lowest BCUT2D eigenvalue weighted by atomic mass is 10.1. The van der Waals surface area contributed by atoms with Crippen LogP contribution < -0.4 is 5.32 Å². The average Bonchev–Trinajstić information content (AvgIpc) is 3.31. The highest BCUT2D eigenvalue weighted by Crippen LogP contribution is 2.40. The first-order valence-corrected chi connectivity index (χ1v) is 7.93. The number of pyridine rings is 1. The molecule has 1 saturated heterocycles. The Morgan fingerprint density at radius 2 is 2.22 bits per heavy atom. The highest BCUT2D eigenvalue weighted by molar-refractivity contribution is 6.06. The van der Waals surface area contributed by atoms with Gasteiger partial charge in [-0.25, -0.2) is 4.98 Å². The Morgan fingerprint density at radius 3 is 2.91 bits per heavy atom. The molecule has 1 atom stereocenters. The monoisotopic (exact) mass is 336 g/mol. The van der Waals surface area contributed by atoms with Gasteiger partial charge in [0.25, 0.3) is 11.6 Å². The van der Waals surface area contributed by atoms with E-state index in [1.807, 2.05) is 17.9 Å². The minimum Gasteiger partial charge on any atom is -0.336 e. The van der Waals surface area contributed by atoms with E-state index in [9.17, 15) is 4.79 Å². The second kappa shape index (κ2) is 6.09. The van der Waals surface area contributed by atoms with E-state index in [1.54, 1.807) is 0 Å². The van der Waals surface area contributed by atoms with Crippen LogP contribution in [0.3, 0.4) is 0 Å². The summed E-state index contributed by atoms with van der Waals surface area (Å²) in [5.41, 5.74) is 2.89. The largest absolute Gasteiger partial charge is 0.336 e. The van der Waals surface area contributed by atoms with Crippen LogP contribution in [-0.2, 0) is 0 Å². The minimum atomic E-state index is 0. The first kappa shape index (κ1) is 16.2. The van der Waals surface area contributed by atoms with E-state index in [0.29, 0.717) is 17.2 Å². The number of hydrogen-bond donors (Lipinski definition) is 1. The molecular formula is C16H21ClN4O2. The zero-order valence-corrected chi connectivity index (χ0v) is 14.2. The minimum absolute atomic E-state index is 0. The van der Waals surface area contributed by atoms with Gasteiger partial charge in [0.05, 0.1) is 16.6 Å².